The second-order valence-corrected chi connectivity index (χ2v) is 3.85. The van der Waals surface area contributed by atoms with Crippen molar-refractivity contribution in [3.63, 3.8) is 0 Å². The SMILES string of the molecule is Cc1cccnc1CNc1nccc(C#N)c1N. The summed E-state index contributed by atoms with van der Waals surface area (Å²) in [6, 6.07) is 7.50. The van der Waals surface area contributed by atoms with Gasteiger partial charge in [-0.05, 0) is 24.6 Å². The van der Waals surface area contributed by atoms with Crippen molar-refractivity contribution in [3.8, 4) is 6.07 Å². The summed E-state index contributed by atoms with van der Waals surface area (Å²) in [5.74, 6) is 0.513. The van der Waals surface area contributed by atoms with Gasteiger partial charge in [0.2, 0.25) is 0 Å². The number of hydrogen-bond donors (Lipinski definition) is 2. The highest BCUT2D eigenvalue weighted by atomic mass is 15.0. The van der Waals surface area contributed by atoms with Crippen LogP contribution in [0.1, 0.15) is 16.8 Å². The lowest BCUT2D eigenvalue weighted by atomic mass is 10.2. The number of nitrogen functional groups attached to an aromatic ring is 1. The van der Waals surface area contributed by atoms with E-state index in [2.05, 4.69) is 15.3 Å². The third-order valence-electron chi connectivity index (χ3n) is 2.65. The van der Waals surface area contributed by atoms with Gasteiger partial charge in [-0.2, -0.15) is 5.26 Å². The molecular formula is C13H13N5. The topological polar surface area (TPSA) is 87.6 Å². The lowest BCUT2D eigenvalue weighted by Crippen LogP contribution is -2.07. The lowest BCUT2D eigenvalue weighted by Gasteiger charge is -2.09. The first-order valence-electron chi connectivity index (χ1n) is 5.51. The van der Waals surface area contributed by atoms with Gasteiger partial charge in [-0.25, -0.2) is 4.98 Å². The van der Waals surface area contributed by atoms with Crippen molar-refractivity contribution in [2.75, 3.05) is 11.1 Å². The van der Waals surface area contributed by atoms with E-state index in [1.165, 1.54) is 0 Å². The Morgan fingerprint density at radius 2 is 2.17 bits per heavy atom. The predicted molar refractivity (Wildman–Crippen MR) is 69.7 cm³/mol. The molecule has 2 rings (SSSR count). The summed E-state index contributed by atoms with van der Waals surface area (Å²) in [4.78, 5) is 8.39. The van der Waals surface area contributed by atoms with Crippen molar-refractivity contribution >= 4 is 11.5 Å². The van der Waals surface area contributed by atoms with Crippen molar-refractivity contribution in [1.82, 2.24) is 9.97 Å². The molecule has 5 nitrogen and oxygen atoms in total. The second kappa shape index (κ2) is 5.15. The second-order valence-electron chi connectivity index (χ2n) is 3.85. The zero-order valence-electron chi connectivity index (χ0n) is 10.0. The fourth-order valence-corrected chi connectivity index (χ4v) is 1.58. The van der Waals surface area contributed by atoms with Crippen LogP contribution in [0.2, 0.25) is 0 Å². The van der Waals surface area contributed by atoms with Gasteiger partial charge in [0.15, 0.2) is 5.82 Å². The van der Waals surface area contributed by atoms with Crippen molar-refractivity contribution in [2.45, 2.75) is 13.5 Å². The zero-order chi connectivity index (χ0) is 13.0. The van der Waals surface area contributed by atoms with Gasteiger partial charge in [-0.3, -0.25) is 4.98 Å². The summed E-state index contributed by atoms with van der Waals surface area (Å²) < 4.78 is 0. The number of nitrogens with zero attached hydrogens (tertiary/aromatic N) is 3. The normalized spacial score (nSPS) is 9.78. The summed E-state index contributed by atoms with van der Waals surface area (Å²) >= 11 is 0. The number of aromatic nitrogens is 2. The Balaban J connectivity index is 2.17. The van der Waals surface area contributed by atoms with Crippen LogP contribution in [0.5, 0.6) is 0 Å². The maximum Gasteiger partial charge on any atom is 0.150 e. The molecule has 90 valence electrons. The Labute approximate surface area is 105 Å². The number of hydrogen-bond acceptors (Lipinski definition) is 5. The Morgan fingerprint density at radius 1 is 1.33 bits per heavy atom. The summed E-state index contributed by atoms with van der Waals surface area (Å²) in [6.45, 7) is 2.52. The minimum absolute atomic E-state index is 0.369. The van der Waals surface area contributed by atoms with Crippen molar-refractivity contribution in [1.29, 1.82) is 5.26 Å². The van der Waals surface area contributed by atoms with Crippen LogP contribution < -0.4 is 11.1 Å². The van der Waals surface area contributed by atoms with Crippen LogP contribution in [0.25, 0.3) is 0 Å². The molecular weight excluding hydrogens is 226 g/mol. The number of pyridine rings is 2. The van der Waals surface area contributed by atoms with Crippen LogP contribution in [0.15, 0.2) is 30.6 Å². The third kappa shape index (κ3) is 2.38. The predicted octanol–water partition coefficient (Wildman–Crippen LogP) is 1.85. The highest BCUT2D eigenvalue weighted by Gasteiger charge is 2.06. The number of nitrogens with two attached hydrogens (primary N) is 1. The molecule has 0 aliphatic rings. The number of nitriles is 1. The molecule has 0 unspecified atom stereocenters. The van der Waals surface area contributed by atoms with Crippen LogP contribution in [-0.2, 0) is 6.54 Å². The Hall–Kier alpha value is -2.61. The summed E-state index contributed by atoms with van der Waals surface area (Å²) in [5.41, 5.74) is 8.65. The van der Waals surface area contributed by atoms with Gasteiger partial charge in [0, 0.05) is 12.4 Å². The van der Waals surface area contributed by atoms with E-state index >= 15 is 0 Å². The van der Waals surface area contributed by atoms with Gasteiger partial charge in [-0.1, -0.05) is 6.07 Å². The average molecular weight is 239 g/mol. The maximum absolute atomic E-state index is 8.87. The van der Waals surface area contributed by atoms with E-state index in [4.69, 9.17) is 11.0 Å². The first-order valence-corrected chi connectivity index (χ1v) is 5.51. The molecule has 0 fully saturated rings. The van der Waals surface area contributed by atoms with Gasteiger partial charge in [0.05, 0.1) is 23.5 Å². The summed E-state index contributed by atoms with van der Waals surface area (Å²) in [5, 5.41) is 12.0. The van der Waals surface area contributed by atoms with Crippen LogP contribution in [0.3, 0.4) is 0 Å². The summed E-state index contributed by atoms with van der Waals surface area (Å²) in [6.07, 6.45) is 3.30. The van der Waals surface area contributed by atoms with Crippen molar-refractivity contribution in [2.24, 2.45) is 0 Å². The first kappa shape index (κ1) is 11.9. The van der Waals surface area contributed by atoms with E-state index < -0.39 is 0 Å². The van der Waals surface area contributed by atoms with E-state index in [0.29, 0.717) is 23.6 Å². The maximum atomic E-state index is 8.87. The van der Waals surface area contributed by atoms with Gasteiger partial charge in [0.25, 0.3) is 0 Å². The molecule has 18 heavy (non-hydrogen) atoms. The molecule has 0 aromatic carbocycles. The standard InChI is InChI=1S/C13H13N5/c1-9-3-2-5-16-11(9)8-18-13-12(15)10(7-14)4-6-17-13/h2-6H,8,15H2,1H3,(H,17,18). The van der Waals surface area contributed by atoms with Crippen LogP contribution in [0, 0.1) is 18.3 Å². The lowest BCUT2D eigenvalue weighted by molar-refractivity contribution is 1.01. The molecule has 0 bridgehead atoms. The quantitative estimate of drug-likeness (QED) is 0.853. The zero-order valence-corrected chi connectivity index (χ0v) is 10.0. The molecule has 2 aromatic rings. The molecule has 0 radical (unpaired) electrons. The Morgan fingerprint density at radius 3 is 2.89 bits per heavy atom. The van der Waals surface area contributed by atoms with Crippen LogP contribution >= 0.6 is 0 Å². The van der Waals surface area contributed by atoms with Crippen LogP contribution in [0.4, 0.5) is 11.5 Å². The van der Waals surface area contributed by atoms with Crippen molar-refractivity contribution in [3.05, 3.63) is 47.4 Å². The number of anilines is 2. The first-order chi connectivity index (χ1) is 8.72. The third-order valence-corrected chi connectivity index (χ3v) is 2.65. The van der Waals surface area contributed by atoms with E-state index in [0.717, 1.165) is 11.3 Å². The minimum Gasteiger partial charge on any atom is -0.395 e. The highest BCUT2D eigenvalue weighted by Crippen LogP contribution is 2.19. The fraction of sp³-hybridized carbons (Fsp3) is 0.154. The minimum atomic E-state index is 0.369. The number of aryl methyl sites for hydroxylation is 1. The molecule has 0 atom stereocenters. The molecule has 0 saturated heterocycles. The highest BCUT2D eigenvalue weighted by molar-refractivity contribution is 5.68. The average Bonchev–Trinajstić information content (AvgIpc) is 2.39. The van der Waals surface area contributed by atoms with E-state index in [9.17, 15) is 0 Å². The molecule has 5 heteroatoms. The van der Waals surface area contributed by atoms with Gasteiger partial charge < -0.3 is 11.1 Å². The van der Waals surface area contributed by atoms with Gasteiger partial charge >= 0.3 is 0 Å². The molecule has 0 amide bonds. The largest absolute Gasteiger partial charge is 0.395 e. The molecule has 0 saturated carbocycles. The molecule has 2 heterocycles. The summed E-state index contributed by atoms with van der Waals surface area (Å²) in [7, 11) is 0. The van der Waals surface area contributed by atoms with Crippen LogP contribution in [-0.4, -0.2) is 9.97 Å². The Kier molecular flexibility index (Phi) is 3.39. The van der Waals surface area contributed by atoms with E-state index in [1.54, 1.807) is 18.5 Å². The molecule has 0 spiro atoms. The number of rotatable bonds is 3. The van der Waals surface area contributed by atoms with Gasteiger partial charge in [-0.15, -0.1) is 0 Å². The number of nitrogens with one attached hydrogen (secondary N) is 1. The smallest absolute Gasteiger partial charge is 0.150 e. The molecule has 2 aromatic heterocycles. The van der Waals surface area contributed by atoms with Crippen molar-refractivity contribution < 1.29 is 0 Å². The molecule has 0 aliphatic heterocycles. The van der Waals surface area contributed by atoms with Gasteiger partial charge in [0.1, 0.15) is 6.07 Å². The molecule has 3 N–H and O–H groups in total. The monoisotopic (exact) mass is 239 g/mol. The van der Waals surface area contributed by atoms with E-state index in [1.807, 2.05) is 25.1 Å². The van der Waals surface area contributed by atoms with E-state index in [-0.39, 0.29) is 0 Å². The molecule has 0 aliphatic carbocycles. The Bertz CT molecular complexity index is 601. The fourth-order valence-electron chi connectivity index (χ4n) is 1.58.